The molecule has 0 aromatic rings. The maximum Gasteiger partial charge on any atom is 0.472 e. The van der Waals surface area contributed by atoms with Crippen LogP contribution in [0.25, 0.3) is 0 Å². The van der Waals surface area contributed by atoms with Crippen molar-refractivity contribution in [2.75, 3.05) is 39.6 Å². The molecule has 19 heteroatoms. The number of hydrogen-bond acceptors (Lipinski definition) is 15. The second-order valence-corrected chi connectivity index (χ2v) is 29.5. The predicted octanol–water partition coefficient (Wildman–Crippen LogP) is 24.0. The highest BCUT2D eigenvalue weighted by Gasteiger charge is 2.30. The summed E-state index contributed by atoms with van der Waals surface area (Å²) in [6.07, 6.45) is 90.9. The van der Waals surface area contributed by atoms with Gasteiger partial charge in [-0.3, -0.25) is 37.3 Å². The van der Waals surface area contributed by atoms with E-state index >= 15 is 0 Å². The highest BCUT2D eigenvalue weighted by molar-refractivity contribution is 7.47. The van der Waals surface area contributed by atoms with Gasteiger partial charge < -0.3 is 33.8 Å². The highest BCUT2D eigenvalue weighted by Crippen LogP contribution is 2.45. The average Bonchev–Trinajstić information content (AvgIpc) is 0.909. The van der Waals surface area contributed by atoms with E-state index in [1.807, 2.05) is 18.2 Å². The minimum absolute atomic E-state index is 0.0273. The maximum atomic E-state index is 13.1. The van der Waals surface area contributed by atoms with Gasteiger partial charge in [0.15, 0.2) is 12.2 Å². The number of carbonyl (C=O) groups is 4. The van der Waals surface area contributed by atoms with Crippen molar-refractivity contribution in [3.63, 3.8) is 0 Å². The summed E-state index contributed by atoms with van der Waals surface area (Å²) >= 11 is 0. The van der Waals surface area contributed by atoms with Gasteiger partial charge in [0.1, 0.15) is 19.3 Å². The molecule has 0 aromatic carbocycles. The zero-order valence-corrected chi connectivity index (χ0v) is 67.8. The lowest BCUT2D eigenvalue weighted by atomic mass is 10.0. The molecule has 0 radical (unpaired) electrons. The summed E-state index contributed by atoms with van der Waals surface area (Å²) in [5, 5.41) is 10.7. The van der Waals surface area contributed by atoms with E-state index in [1.165, 1.54) is 64.2 Å². The summed E-state index contributed by atoms with van der Waals surface area (Å²) in [5.41, 5.74) is 0. The van der Waals surface area contributed by atoms with E-state index in [4.69, 9.17) is 37.0 Å². The molecule has 0 rings (SSSR count). The Labute approximate surface area is 642 Å². The molecule has 0 aliphatic carbocycles. The fraction of sp³-hybridized carbons (Fsp3) is 0.655. The molecule has 17 nitrogen and oxygen atoms in total. The molecule has 0 aliphatic heterocycles. The van der Waals surface area contributed by atoms with Crippen LogP contribution in [-0.2, 0) is 65.4 Å². The Balaban J connectivity index is 5.46. The first-order valence-electron chi connectivity index (χ1n) is 40.7. The number of phosphoric acid groups is 2. The standard InChI is InChI=1S/C87H144O17P2/c1-5-9-13-17-21-25-29-33-37-39-40-42-46-48-52-56-60-64-68-72-85(90)98-78-83(104-87(92)74-70-66-62-58-54-50-44-36-32-28-24-20-16-12-8-4)80-102-106(95,96)100-76-81(88)75-99-105(93,94)101-79-82(103-86(91)73-69-65-61-57-53-49-43-35-31-27-23-19-15-11-7-3)77-97-84(89)71-67-63-59-55-51-47-45-41-38-34-30-26-22-18-14-10-6-2/h9-10,12-14,16,21-22,24-26,28,33-34,36-38,40,42,44-45,47-48,52,60,64,81-83,88H,5-8,11,15,17-20,23,27,29-32,35,39,41,43,46,49-51,53-59,61-63,65-80H2,1-4H3,(H,93,94)(H,95,96)/b13-9-,14-10-,16-12-,25-21-,26-22-,28-24-,37-33-,38-34-,42-40-,44-36-,47-45-,52-48-,64-60-. The van der Waals surface area contributed by atoms with Crippen molar-refractivity contribution in [3.8, 4) is 0 Å². The molecule has 3 N–H and O–H groups in total. The number of ether oxygens (including phenoxy) is 4. The lowest BCUT2D eigenvalue weighted by molar-refractivity contribution is -0.161. The van der Waals surface area contributed by atoms with E-state index < -0.39 is 97.5 Å². The van der Waals surface area contributed by atoms with Crippen LogP contribution in [0.5, 0.6) is 0 Å². The van der Waals surface area contributed by atoms with Crippen LogP contribution in [0.4, 0.5) is 0 Å². The molecule has 5 atom stereocenters. The molecule has 0 bridgehead atoms. The van der Waals surface area contributed by atoms with E-state index in [0.29, 0.717) is 32.1 Å². The molecule has 0 aliphatic rings. The van der Waals surface area contributed by atoms with Crippen LogP contribution in [0.1, 0.15) is 310 Å². The van der Waals surface area contributed by atoms with Gasteiger partial charge in [-0.25, -0.2) is 9.13 Å². The lowest BCUT2D eigenvalue weighted by Crippen LogP contribution is -2.30. The molecular formula is C87H144O17P2. The molecular weight excluding hydrogens is 1380 g/mol. The Morgan fingerprint density at radius 2 is 0.509 bits per heavy atom. The Kier molecular flexibility index (Phi) is 73.9. The van der Waals surface area contributed by atoms with Gasteiger partial charge in [-0.1, -0.05) is 308 Å². The molecule has 0 amide bonds. The second-order valence-electron chi connectivity index (χ2n) is 26.6. The summed E-state index contributed by atoms with van der Waals surface area (Å²) in [7, 11) is -10.0. The molecule has 0 fully saturated rings. The third-order valence-electron chi connectivity index (χ3n) is 16.5. The van der Waals surface area contributed by atoms with Crippen LogP contribution >= 0.6 is 15.6 Å². The van der Waals surface area contributed by atoms with E-state index in [0.717, 1.165) is 161 Å². The van der Waals surface area contributed by atoms with E-state index in [1.54, 1.807) is 0 Å². The second kappa shape index (κ2) is 77.8. The SMILES string of the molecule is CC/C=C\C/C=C\C/C=C\C/C=C\C/C=C\C/C=C\CCC(=O)OCC(COP(=O)(O)OCC(O)COP(=O)(O)OCC(COC(=O)CCCCCC/C=C\C/C=C\C/C=C\C/C=C\CC)OC(=O)CCCCCCCCCCCCCCCCC)OC(=O)CCCCCCC/C=C\C/C=C\C/C=C\CC. The molecule has 604 valence electrons. The molecule has 0 saturated carbocycles. The first kappa shape index (κ1) is 101. The van der Waals surface area contributed by atoms with Crippen molar-refractivity contribution in [2.45, 2.75) is 329 Å². The Morgan fingerprint density at radius 1 is 0.274 bits per heavy atom. The van der Waals surface area contributed by atoms with Crippen LogP contribution in [0, 0.1) is 0 Å². The number of carbonyl (C=O) groups excluding carboxylic acids is 4. The molecule has 106 heavy (non-hydrogen) atoms. The third kappa shape index (κ3) is 76.9. The van der Waals surface area contributed by atoms with Crippen LogP contribution < -0.4 is 0 Å². The molecule has 5 unspecified atom stereocenters. The number of phosphoric ester groups is 2. The fourth-order valence-electron chi connectivity index (χ4n) is 10.4. The number of allylic oxidation sites excluding steroid dienone is 26. The lowest BCUT2D eigenvalue weighted by Gasteiger charge is -2.21. The number of esters is 4. The topological polar surface area (TPSA) is 237 Å². The van der Waals surface area contributed by atoms with E-state index in [9.17, 15) is 43.2 Å². The number of aliphatic hydroxyl groups is 1. The monoisotopic (exact) mass is 1520 g/mol. The highest BCUT2D eigenvalue weighted by atomic mass is 31.2. The zero-order chi connectivity index (χ0) is 77.4. The maximum absolute atomic E-state index is 13.1. The summed E-state index contributed by atoms with van der Waals surface area (Å²) in [6.45, 7) is 4.42. The van der Waals surface area contributed by atoms with Gasteiger partial charge in [-0.2, -0.15) is 0 Å². The predicted molar refractivity (Wildman–Crippen MR) is 436 cm³/mol. The van der Waals surface area contributed by atoms with Crippen LogP contribution in [-0.4, -0.2) is 96.7 Å². The van der Waals surface area contributed by atoms with Gasteiger partial charge in [0.25, 0.3) is 0 Å². The van der Waals surface area contributed by atoms with Crippen LogP contribution in [0.3, 0.4) is 0 Å². The van der Waals surface area contributed by atoms with Gasteiger partial charge in [0, 0.05) is 25.7 Å². The van der Waals surface area contributed by atoms with Crippen molar-refractivity contribution in [3.05, 3.63) is 158 Å². The summed E-state index contributed by atoms with van der Waals surface area (Å²) < 4.78 is 68.6. The molecule has 0 heterocycles. The van der Waals surface area contributed by atoms with Gasteiger partial charge in [-0.15, -0.1) is 0 Å². The molecule has 0 saturated heterocycles. The minimum Gasteiger partial charge on any atom is -0.462 e. The number of aliphatic hydroxyl groups excluding tert-OH is 1. The first-order chi connectivity index (χ1) is 51.7. The largest absolute Gasteiger partial charge is 0.472 e. The zero-order valence-electron chi connectivity index (χ0n) is 66.1. The number of rotatable bonds is 75. The van der Waals surface area contributed by atoms with Crippen LogP contribution in [0.15, 0.2) is 158 Å². The van der Waals surface area contributed by atoms with Gasteiger partial charge in [-0.05, 0) is 135 Å². The smallest absolute Gasteiger partial charge is 0.462 e. The first-order valence-corrected chi connectivity index (χ1v) is 43.7. The van der Waals surface area contributed by atoms with Gasteiger partial charge in [0.05, 0.1) is 26.4 Å². The number of unbranched alkanes of at least 4 members (excludes halogenated alkanes) is 23. The van der Waals surface area contributed by atoms with Crippen molar-refractivity contribution in [1.29, 1.82) is 0 Å². The Bertz CT molecular complexity index is 2630. The summed E-state index contributed by atoms with van der Waals surface area (Å²) in [4.78, 5) is 73.1. The van der Waals surface area contributed by atoms with Crippen LogP contribution in [0.2, 0.25) is 0 Å². The van der Waals surface area contributed by atoms with Gasteiger partial charge in [0.2, 0.25) is 0 Å². The summed E-state index contributed by atoms with van der Waals surface area (Å²) in [6, 6.07) is 0. The Hall–Kier alpha value is -5.32. The molecule has 0 spiro atoms. The van der Waals surface area contributed by atoms with E-state index in [-0.39, 0.29) is 25.7 Å². The number of hydrogen-bond donors (Lipinski definition) is 3. The average molecular weight is 1520 g/mol. The fourth-order valence-corrected chi connectivity index (χ4v) is 12.0. The van der Waals surface area contributed by atoms with Crippen molar-refractivity contribution >= 4 is 39.5 Å². The Morgan fingerprint density at radius 3 is 0.811 bits per heavy atom. The summed E-state index contributed by atoms with van der Waals surface area (Å²) in [5.74, 6) is -2.32. The van der Waals surface area contributed by atoms with Crippen molar-refractivity contribution in [1.82, 2.24) is 0 Å². The molecule has 0 aromatic heterocycles. The quantitative estimate of drug-likeness (QED) is 0.0169. The normalized spacial score (nSPS) is 14.7. The third-order valence-corrected chi connectivity index (χ3v) is 18.4. The van der Waals surface area contributed by atoms with E-state index in [2.05, 4.69) is 167 Å². The van der Waals surface area contributed by atoms with Crippen molar-refractivity contribution in [2.24, 2.45) is 0 Å². The minimum atomic E-state index is -5.01. The van der Waals surface area contributed by atoms with Gasteiger partial charge >= 0.3 is 39.5 Å². The van der Waals surface area contributed by atoms with Crippen molar-refractivity contribution < 1.29 is 80.2 Å².